The summed E-state index contributed by atoms with van der Waals surface area (Å²) in [5, 5.41) is 3.72. The van der Waals surface area contributed by atoms with Crippen LogP contribution in [0.1, 0.15) is 0 Å². The zero-order valence-corrected chi connectivity index (χ0v) is 10.6. The molecule has 80 valence electrons. The molecule has 5 heteroatoms. The monoisotopic (exact) mass is 293 g/mol. The second kappa shape index (κ2) is 3.61. The number of aromatic amines is 1. The van der Waals surface area contributed by atoms with Gasteiger partial charge in [-0.25, -0.2) is 4.98 Å². The molecule has 0 amide bonds. The van der Waals surface area contributed by atoms with Crippen molar-refractivity contribution in [1.29, 1.82) is 0 Å². The molecule has 3 N–H and O–H groups in total. The second-order valence-corrected chi connectivity index (χ2v) is 5.18. The number of aromatic nitrogens is 2. The number of thiazole rings is 1. The highest BCUT2D eigenvalue weighted by atomic mass is 79.9. The number of hydrogen-bond acceptors (Lipinski definition) is 3. The highest BCUT2D eigenvalue weighted by Crippen LogP contribution is 2.33. The Kier molecular flexibility index (Phi) is 2.22. The highest BCUT2D eigenvalue weighted by molar-refractivity contribution is 9.10. The lowest BCUT2D eigenvalue weighted by atomic mass is 10.1. The Balaban J connectivity index is 2.29. The van der Waals surface area contributed by atoms with Gasteiger partial charge in [0.15, 0.2) is 5.13 Å². The number of nitrogens with zero attached hydrogens (tertiary/aromatic N) is 1. The fourth-order valence-corrected chi connectivity index (χ4v) is 2.78. The Morgan fingerprint density at radius 3 is 3.00 bits per heavy atom. The molecule has 0 unspecified atom stereocenters. The molecule has 16 heavy (non-hydrogen) atoms. The molecule has 0 radical (unpaired) electrons. The molecule has 3 nitrogen and oxygen atoms in total. The third-order valence-electron chi connectivity index (χ3n) is 2.46. The number of rotatable bonds is 1. The van der Waals surface area contributed by atoms with Crippen LogP contribution < -0.4 is 5.73 Å². The number of benzene rings is 1. The molecule has 1 aromatic carbocycles. The van der Waals surface area contributed by atoms with Gasteiger partial charge in [-0.1, -0.05) is 12.1 Å². The van der Waals surface area contributed by atoms with E-state index in [2.05, 4.69) is 32.0 Å². The topological polar surface area (TPSA) is 54.7 Å². The van der Waals surface area contributed by atoms with Gasteiger partial charge in [0.25, 0.3) is 0 Å². The Labute approximate surface area is 104 Å². The number of anilines is 1. The fraction of sp³-hybridized carbons (Fsp3) is 0. The van der Waals surface area contributed by atoms with Gasteiger partial charge < -0.3 is 10.7 Å². The quantitative estimate of drug-likeness (QED) is 0.720. The van der Waals surface area contributed by atoms with Crippen molar-refractivity contribution >= 4 is 43.3 Å². The molecule has 0 aliphatic heterocycles. The molecule has 3 aromatic rings. The number of fused-ring (bicyclic) bond motifs is 1. The summed E-state index contributed by atoms with van der Waals surface area (Å²) in [5.74, 6) is 0. The van der Waals surface area contributed by atoms with Crippen molar-refractivity contribution in [3.63, 3.8) is 0 Å². The first kappa shape index (κ1) is 9.86. The second-order valence-electron chi connectivity index (χ2n) is 3.44. The number of halogens is 1. The predicted octanol–water partition coefficient (Wildman–Crippen LogP) is 3.64. The van der Waals surface area contributed by atoms with E-state index >= 15 is 0 Å². The van der Waals surface area contributed by atoms with E-state index in [1.807, 2.05) is 23.7 Å². The normalized spacial score (nSPS) is 11.1. The average Bonchev–Trinajstić information content (AvgIpc) is 2.84. The van der Waals surface area contributed by atoms with Gasteiger partial charge in [0.1, 0.15) is 0 Å². The van der Waals surface area contributed by atoms with E-state index in [4.69, 9.17) is 5.73 Å². The molecular weight excluding hydrogens is 286 g/mol. The summed E-state index contributed by atoms with van der Waals surface area (Å²) in [6.07, 6.45) is 1.96. The molecule has 0 aliphatic carbocycles. The summed E-state index contributed by atoms with van der Waals surface area (Å²) in [6, 6.07) is 6.10. The lowest BCUT2D eigenvalue weighted by Gasteiger charge is -1.95. The van der Waals surface area contributed by atoms with Crippen LogP contribution in [-0.4, -0.2) is 9.97 Å². The Hall–Kier alpha value is -1.33. The van der Waals surface area contributed by atoms with Gasteiger partial charge in [-0.3, -0.25) is 0 Å². The summed E-state index contributed by atoms with van der Waals surface area (Å²) >= 11 is 4.97. The number of H-pyrrole nitrogens is 1. The molecular formula is C11H8BrN3S. The minimum atomic E-state index is 0.597. The van der Waals surface area contributed by atoms with E-state index in [1.165, 1.54) is 11.3 Å². The van der Waals surface area contributed by atoms with Gasteiger partial charge in [0, 0.05) is 27.0 Å². The minimum Gasteiger partial charge on any atom is -0.375 e. The van der Waals surface area contributed by atoms with E-state index in [0.717, 1.165) is 26.6 Å². The van der Waals surface area contributed by atoms with Crippen LogP contribution in [0.5, 0.6) is 0 Å². The molecule has 0 saturated heterocycles. The summed E-state index contributed by atoms with van der Waals surface area (Å²) in [4.78, 5) is 7.54. The average molecular weight is 294 g/mol. The van der Waals surface area contributed by atoms with Crippen LogP contribution in [0.2, 0.25) is 0 Å². The molecule has 3 rings (SSSR count). The van der Waals surface area contributed by atoms with Crippen LogP contribution in [0.25, 0.3) is 22.2 Å². The standard InChI is InChI=1S/C11H8BrN3S/c12-8-3-1-2-6-7(4-14-10(6)8)9-5-16-11(13)15-9/h1-5,14H,(H2,13,15). The Morgan fingerprint density at radius 1 is 1.38 bits per heavy atom. The third kappa shape index (κ3) is 1.44. The van der Waals surface area contributed by atoms with Crippen LogP contribution in [0.4, 0.5) is 5.13 Å². The lowest BCUT2D eigenvalue weighted by Crippen LogP contribution is -1.81. The largest absolute Gasteiger partial charge is 0.375 e. The van der Waals surface area contributed by atoms with E-state index in [9.17, 15) is 0 Å². The first-order chi connectivity index (χ1) is 7.75. The van der Waals surface area contributed by atoms with Crippen molar-refractivity contribution in [3.8, 4) is 11.3 Å². The molecule has 0 saturated carbocycles. The lowest BCUT2D eigenvalue weighted by molar-refractivity contribution is 1.41. The van der Waals surface area contributed by atoms with Crippen LogP contribution >= 0.6 is 27.3 Å². The van der Waals surface area contributed by atoms with Crippen molar-refractivity contribution in [2.24, 2.45) is 0 Å². The molecule has 2 aromatic heterocycles. The van der Waals surface area contributed by atoms with Crippen molar-refractivity contribution in [2.75, 3.05) is 5.73 Å². The molecule has 0 bridgehead atoms. The summed E-state index contributed by atoms with van der Waals surface area (Å²) in [7, 11) is 0. The smallest absolute Gasteiger partial charge is 0.180 e. The van der Waals surface area contributed by atoms with Crippen molar-refractivity contribution in [1.82, 2.24) is 9.97 Å². The SMILES string of the molecule is Nc1nc(-c2c[nH]c3c(Br)cccc23)cs1. The van der Waals surface area contributed by atoms with Crippen LogP contribution in [0.15, 0.2) is 34.2 Å². The van der Waals surface area contributed by atoms with E-state index < -0.39 is 0 Å². The summed E-state index contributed by atoms with van der Waals surface area (Å²) in [5.41, 5.74) is 8.74. The molecule has 0 spiro atoms. The molecule has 0 aliphatic rings. The van der Waals surface area contributed by atoms with Crippen molar-refractivity contribution < 1.29 is 0 Å². The maximum atomic E-state index is 5.65. The van der Waals surface area contributed by atoms with Gasteiger partial charge in [-0.05, 0) is 22.0 Å². The summed E-state index contributed by atoms with van der Waals surface area (Å²) in [6.45, 7) is 0. The van der Waals surface area contributed by atoms with E-state index in [-0.39, 0.29) is 0 Å². The predicted molar refractivity (Wildman–Crippen MR) is 71.5 cm³/mol. The van der Waals surface area contributed by atoms with Gasteiger partial charge in [-0.15, -0.1) is 11.3 Å². The first-order valence-corrected chi connectivity index (χ1v) is 6.40. The number of nitrogens with two attached hydrogens (primary N) is 1. The molecule has 0 atom stereocenters. The van der Waals surface area contributed by atoms with Crippen molar-refractivity contribution in [3.05, 3.63) is 34.2 Å². The number of para-hydroxylation sites is 1. The maximum Gasteiger partial charge on any atom is 0.180 e. The van der Waals surface area contributed by atoms with Gasteiger partial charge in [0.2, 0.25) is 0 Å². The molecule has 0 fully saturated rings. The van der Waals surface area contributed by atoms with Crippen LogP contribution in [-0.2, 0) is 0 Å². The zero-order valence-electron chi connectivity index (χ0n) is 8.20. The van der Waals surface area contributed by atoms with Crippen LogP contribution in [0, 0.1) is 0 Å². The highest BCUT2D eigenvalue weighted by Gasteiger charge is 2.10. The Morgan fingerprint density at radius 2 is 2.25 bits per heavy atom. The number of nitrogen functional groups attached to an aromatic ring is 1. The number of nitrogens with one attached hydrogen (secondary N) is 1. The zero-order chi connectivity index (χ0) is 11.1. The van der Waals surface area contributed by atoms with Gasteiger partial charge >= 0.3 is 0 Å². The summed E-state index contributed by atoms with van der Waals surface area (Å²) < 4.78 is 1.06. The first-order valence-electron chi connectivity index (χ1n) is 4.72. The van der Waals surface area contributed by atoms with E-state index in [0.29, 0.717) is 5.13 Å². The minimum absolute atomic E-state index is 0.597. The van der Waals surface area contributed by atoms with E-state index in [1.54, 1.807) is 0 Å². The number of hydrogen-bond donors (Lipinski definition) is 2. The van der Waals surface area contributed by atoms with Crippen molar-refractivity contribution in [2.45, 2.75) is 0 Å². The fourth-order valence-electron chi connectivity index (χ4n) is 1.74. The Bertz CT molecular complexity index is 656. The van der Waals surface area contributed by atoms with Gasteiger partial charge in [-0.2, -0.15) is 0 Å². The molecule has 2 heterocycles. The van der Waals surface area contributed by atoms with Gasteiger partial charge in [0.05, 0.1) is 11.2 Å². The third-order valence-corrected chi connectivity index (χ3v) is 3.80. The van der Waals surface area contributed by atoms with Crippen LogP contribution in [0.3, 0.4) is 0 Å². The maximum absolute atomic E-state index is 5.65.